The SMILES string of the molecule is C#CCN1C(=O)C2(CC2)Oc2cc(F)c(N(C=O)C(=O)/C=C(\N(C)CC(=O)OC)C(F)(F)F)cc21. The molecule has 2 aliphatic rings. The van der Waals surface area contributed by atoms with Gasteiger partial charge in [-0.15, -0.1) is 6.42 Å². The standard InChI is InChI=1S/C22H19F4N3O6/c1-4-7-28-15-9-14(13(23)8-16(15)35-21(5-6-21)20(28)33)29(12-30)18(31)10-17(22(24,25)26)27(2)11-19(32)34-3/h1,8-10,12H,5-7,11H2,2-3H3/b17-10-. The number of ether oxygens (including phenoxy) is 2. The number of likely N-dealkylation sites (N-methyl/N-ethyl adjacent to an activating group) is 1. The first kappa shape index (κ1) is 25.5. The summed E-state index contributed by atoms with van der Waals surface area (Å²) in [6.07, 6.45) is 0.850. The quantitative estimate of drug-likeness (QED) is 0.186. The molecule has 1 aromatic rings. The number of benzene rings is 1. The molecule has 0 radical (unpaired) electrons. The normalized spacial score (nSPS) is 16.1. The molecule has 0 bridgehead atoms. The van der Waals surface area contributed by atoms with Crippen LogP contribution in [-0.2, 0) is 23.9 Å². The zero-order valence-electron chi connectivity index (χ0n) is 18.5. The molecule has 3 rings (SSSR count). The highest BCUT2D eigenvalue weighted by molar-refractivity contribution is 6.13. The molecule has 35 heavy (non-hydrogen) atoms. The van der Waals surface area contributed by atoms with Crippen LogP contribution in [0.4, 0.5) is 28.9 Å². The van der Waals surface area contributed by atoms with E-state index < -0.39 is 53.3 Å². The van der Waals surface area contributed by atoms with E-state index in [1.54, 1.807) is 0 Å². The Morgan fingerprint density at radius 1 is 1.34 bits per heavy atom. The van der Waals surface area contributed by atoms with Crippen LogP contribution >= 0.6 is 0 Å². The second kappa shape index (κ2) is 9.28. The van der Waals surface area contributed by atoms with Gasteiger partial charge in [0.25, 0.3) is 11.8 Å². The summed E-state index contributed by atoms with van der Waals surface area (Å²) in [5.74, 6) is -2.03. The number of esters is 1. The van der Waals surface area contributed by atoms with Gasteiger partial charge in [-0.25, -0.2) is 9.29 Å². The summed E-state index contributed by atoms with van der Waals surface area (Å²) >= 11 is 0. The van der Waals surface area contributed by atoms with Gasteiger partial charge in [0.2, 0.25) is 6.41 Å². The molecule has 9 nitrogen and oxygen atoms in total. The van der Waals surface area contributed by atoms with Crippen LogP contribution in [0.25, 0.3) is 0 Å². The first-order chi connectivity index (χ1) is 16.4. The summed E-state index contributed by atoms with van der Waals surface area (Å²) in [4.78, 5) is 50.1. The molecule has 1 aliphatic heterocycles. The highest BCUT2D eigenvalue weighted by Crippen LogP contribution is 2.50. The summed E-state index contributed by atoms with van der Waals surface area (Å²) < 4.78 is 65.5. The molecular formula is C22H19F4N3O6. The Kier molecular flexibility index (Phi) is 6.77. The number of allylic oxidation sites excluding steroid dienone is 1. The fraction of sp³-hybridized carbons (Fsp3) is 0.364. The van der Waals surface area contributed by atoms with Crippen molar-refractivity contribution >= 4 is 35.6 Å². The van der Waals surface area contributed by atoms with Gasteiger partial charge >= 0.3 is 12.1 Å². The van der Waals surface area contributed by atoms with Gasteiger partial charge in [-0.3, -0.25) is 24.1 Å². The lowest BCUT2D eigenvalue weighted by Crippen LogP contribution is -2.48. The largest absolute Gasteiger partial charge is 0.475 e. The third-order valence-corrected chi connectivity index (χ3v) is 5.37. The maximum absolute atomic E-state index is 14.9. The lowest BCUT2D eigenvalue weighted by Gasteiger charge is -2.34. The minimum absolute atomic E-state index is 0.0380. The zero-order chi connectivity index (χ0) is 26.1. The Morgan fingerprint density at radius 3 is 2.51 bits per heavy atom. The summed E-state index contributed by atoms with van der Waals surface area (Å²) in [5, 5.41) is 0. The van der Waals surface area contributed by atoms with E-state index in [4.69, 9.17) is 11.2 Å². The summed E-state index contributed by atoms with van der Waals surface area (Å²) in [7, 11) is 1.84. The van der Waals surface area contributed by atoms with E-state index in [1.807, 2.05) is 0 Å². The van der Waals surface area contributed by atoms with Crippen molar-refractivity contribution in [2.24, 2.45) is 0 Å². The van der Waals surface area contributed by atoms with Gasteiger partial charge in [0.15, 0.2) is 11.4 Å². The van der Waals surface area contributed by atoms with Crippen molar-refractivity contribution < 1.29 is 46.2 Å². The smallest absolute Gasteiger partial charge is 0.431 e. The van der Waals surface area contributed by atoms with Gasteiger partial charge in [0.05, 0.1) is 25.0 Å². The fourth-order valence-electron chi connectivity index (χ4n) is 3.46. The van der Waals surface area contributed by atoms with Gasteiger partial charge in [-0.2, -0.15) is 13.2 Å². The number of anilines is 2. The second-order valence-corrected chi connectivity index (χ2v) is 7.74. The molecule has 1 fully saturated rings. The number of fused-ring (bicyclic) bond motifs is 1. The Morgan fingerprint density at radius 2 is 2.00 bits per heavy atom. The third-order valence-electron chi connectivity index (χ3n) is 5.37. The van der Waals surface area contributed by atoms with Gasteiger partial charge in [0.1, 0.15) is 18.0 Å². The molecule has 1 saturated carbocycles. The van der Waals surface area contributed by atoms with E-state index in [0.717, 1.165) is 31.2 Å². The predicted octanol–water partition coefficient (Wildman–Crippen LogP) is 1.76. The number of methoxy groups -OCH3 is 1. The number of imide groups is 1. The molecule has 1 aliphatic carbocycles. The first-order valence-corrected chi connectivity index (χ1v) is 10.0. The maximum atomic E-state index is 14.9. The van der Waals surface area contributed by atoms with Crippen molar-refractivity contribution in [2.75, 3.05) is 37.0 Å². The maximum Gasteiger partial charge on any atom is 0.431 e. The lowest BCUT2D eigenvalue weighted by atomic mass is 10.1. The molecule has 0 atom stereocenters. The molecule has 1 spiro atoms. The van der Waals surface area contributed by atoms with Crippen molar-refractivity contribution in [3.63, 3.8) is 0 Å². The average Bonchev–Trinajstić information content (AvgIpc) is 3.55. The Balaban J connectivity index is 2.02. The third kappa shape index (κ3) is 4.91. The molecule has 13 heteroatoms. The number of hydrogen-bond donors (Lipinski definition) is 0. The molecule has 0 aromatic heterocycles. The van der Waals surface area contributed by atoms with E-state index in [0.29, 0.717) is 17.7 Å². The number of nitrogens with zero attached hydrogens (tertiary/aromatic N) is 3. The van der Waals surface area contributed by atoms with Gasteiger partial charge < -0.3 is 14.4 Å². The molecule has 0 unspecified atom stereocenters. The molecule has 1 heterocycles. The Labute approximate surface area is 196 Å². The molecule has 186 valence electrons. The monoisotopic (exact) mass is 497 g/mol. The highest BCUT2D eigenvalue weighted by atomic mass is 19.4. The zero-order valence-corrected chi connectivity index (χ0v) is 18.5. The van der Waals surface area contributed by atoms with Gasteiger partial charge in [-0.1, -0.05) is 5.92 Å². The van der Waals surface area contributed by atoms with Crippen LogP contribution in [0.5, 0.6) is 5.75 Å². The number of hydrogen-bond acceptors (Lipinski definition) is 7. The van der Waals surface area contributed by atoms with Crippen molar-refractivity contribution in [3.8, 4) is 18.1 Å². The van der Waals surface area contributed by atoms with Gasteiger partial charge in [0, 0.05) is 32.0 Å². The Bertz CT molecular complexity index is 1150. The Hall–Kier alpha value is -4.08. The van der Waals surface area contributed by atoms with E-state index in [2.05, 4.69) is 10.7 Å². The number of amides is 3. The second-order valence-electron chi connectivity index (χ2n) is 7.74. The topological polar surface area (TPSA) is 96.5 Å². The van der Waals surface area contributed by atoms with Crippen molar-refractivity contribution in [1.29, 1.82) is 0 Å². The van der Waals surface area contributed by atoms with Crippen LogP contribution in [0.15, 0.2) is 23.9 Å². The number of rotatable bonds is 7. The van der Waals surface area contributed by atoms with Crippen LogP contribution in [0.2, 0.25) is 0 Å². The highest BCUT2D eigenvalue weighted by Gasteiger charge is 2.58. The molecular weight excluding hydrogens is 478 g/mol. The van der Waals surface area contributed by atoms with E-state index in [9.17, 15) is 36.7 Å². The van der Waals surface area contributed by atoms with Crippen molar-refractivity contribution in [3.05, 3.63) is 29.7 Å². The summed E-state index contributed by atoms with van der Waals surface area (Å²) in [5.41, 5.74) is -3.53. The number of halogens is 4. The van der Waals surface area contributed by atoms with Crippen LogP contribution in [-0.4, -0.2) is 68.1 Å². The van der Waals surface area contributed by atoms with Crippen LogP contribution in [0, 0.1) is 18.2 Å². The lowest BCUT2D eigenvalue weighted by molar-refractivity contribution is -0.143. The number of carbonyl (C=O) groups excluding carboxylic acids is 4. The molecule has 3 amide bonds. The van der Waals surface area contributed by atoms with Gasteiger partial charge in [-0.05, 0) is 6.07 Å². The van der Waals surface area contributed by atoms with Crippen LogP contribution < -0.4 is 14.5 Å². The van der Waals surface area contributed by atoms with E-state index in [-0.39, 0.29) is 35.4 Å². The van der Waals surface area contributed by atoms with E-state index >= 15 is 0 Å². The predicted molar refractivity (Wildman–Crippen MR) is 113 cm³/mol. The molecule has 0 saturated heterocycles. The number of alkyl halides is 3. The van der Waals surface area contributed by atoms with E-state index in [1.165, 1.54) is 0 Å². The molecule has 1 aromatic carbocycles. The first-order valence-electron chi connectivity index (χ1n) is 10.0. The average molecular weight is 497 g/mol. The summed E-state index contributed by atoms with van der Waals surface area (Å²) in [6.45, 7) is -1.08. The fourth-order valence-corrected chi connectivity index (χ4v) is 3.46. The van der Waals surface area contributed by atoms with Crippen LogP contribution in [0.1, 0.15) is 12.8 Å². The summed E-state index contributed by atoms with van der Waals surface area (Å²) in [6, 6.07) is 1.74. The minimum atomic E-state index is -5.11. The van der Waals surface area contributed by atoms with Crippen molar-refractivity contribution in [1.82, 2.24) is 4.90 Å². The van der Waals surface area contributed by atoms with Crippen molar-refractivity contribution in [2.45, 2.75) is 24.6 Å². The molecule has 0 N–H and O–H groups in total. The number of terminal acetylenes is 1. The minimum Gasteiger partial charge on any atom is -0.475 e. The number of carbonyl (C=O) groups is 4. The van der Waals surface area contributed by atoms with Crippen LogP contribution in [0.3, 0.4) is 0 Å².